The van der Waals surface area contributed by atoms with E-state index in [2.05, 4.69) is 0 Å². The van der Waals surface area contributed by atoms with E-state index in [-0.39, 0.29) is 11.1 Å². The number of rotatable bonds is 4. The molecule has 0 fully saturated rings. The summed E-state index contributed by atoms with van der Waals surface area (Å²) < 4.78 is 0. The third kappa shape index (κ3) is 2.85. The molecule has 0 saturated carbocycles. The lowest BCUT2D eigenvalue weighted by atomic mass is 9.87. The van der Waals surface area contributed by atoms with Gasteiger partial charge in [0.2, 0.25) is 11.5 Å². The quantitative estimate of drug-likeness (QED) is 0.358. The molecule has 2 rings (SSSR count). The molecule has 0 saturated heterocycles. The number of carbonyl (C=O) groups excluding carboxylic acids is 2. The number of ketones is 2. The first-order valence-electron chi connectivity index (χ1n) is 7.60. The van der Waals surface area contributed by atoms with Crippen molar-refractivity contribution in [1.29, 1.82) is 0 Å². The Morgan fingerprint density at radius 1 is 0.731 bits per heavy atom. The summed E-state index contributed by atoms with van der Waals surface area (Å²) >= 11 is 0. The Morgan fingerprint density at radius 2 is 1.12 bits per heavy atom. The van der Waals surface area contributed by atoms with Gasteiger partial charge in [-0.1, -0.05) is 13.8 Å². The Balaban J connectivity index is 3.07. The van der Waals surface area contributed by atoms with E-state index < -0.39 is 63.1 Å². The predicted molar refractivity (Wildman–Crippen MR) is 91.0 cm³/mol. The first kappa shape index (κ1) is 18.9. The monoisotopic (exact) mass is 362 g/mol. The van der Waals surface area contributed by atoms with Crippen molar-refractivity contribution in [3.8, 4) is 45.6 Å². The van der Waals surface area contributed by atoms with Gasteiger partial charge in [0.05, 0.1) is 0 Å². The van der Waals surface area contributed by atoms with Crippen LogP contribution < -0.4 is 0 Å². The molecule has 26 heavy (non-hydrogen) atoms. The number of hydrogen-bond donors (Lipinski definition) is 6. The average molecular weight is 362 g/mol. The Hall–Kier alpha value is -3.42. The van der Waals surface area contributed by atoms with Gasteiger partial charge >= 0.3 is 0 Å². The van der Waals surface area contributed by atoms with Gasteiger partial charge in [0, 0.05) is 28.2 Å². The molecule has 8 heteroatoms. The normalized spacial score (nSPS) is 10.9. The molecule has 2 aromatic carbocycles. The molecule has 0 spiro atoms. The molecular formula is C18H18O8. The van der Waals surface area contributed by atoms with Crippen LogP contribution >= 0.6 is 0 Å². The molecule has 0 atom stereocenters. The van der Waals surface area contributed by atoms with Gasteiger partial charge in [-0.25, -0.2) is 0 Å². The summed E-state index contributed by atoms with van der Waals surface area (Å²) in [4.78, 5) is 24.5. The summed E-state index contributed by atoms with van der Waals surface area (Å²) in [5, 5.41) is 59.6. The first-order valence-corrected chi connectivity index (χ1v) is 7.60. The van der Waals surface area contributed by atoms with Gasteiger partial charge in [0.15, 0.2) is 34.6 Å². The zero-order chi connectivity index (χ0) is 19.9. The van der Waals surface area contributed by atoms with Gasteiger partial charge in [-0.15, -0.1) is 0 Å². The van der Waals surface area contributed by atoms with Gasteiger partial charge in [0.1, 0.15) is 0 Å². The second kappa shape index (κ2) is 6.47. The highest BCUT2D eigenvalue weighted by Gasteiger charge is 2.30. The molecule has 0 unspecified atom stereocenters. The molecule has 138 valence electrons. The van der Waals surface area contributed by atoms with E-state index in [9.17, 15) is 40.2 Å². The Kier molecular flexibility index (Phi) is 4.71. The summed E-state index contributed by atoms with van der Waals surface area (Å²) in [6, 6.07) is 1.75. The zero-order valence-corrected chi connectivity index (χ0v) is 14.2. The SMILES string of the molecule is CC(=O)c1cc(O)c(O)c(O)c1-c1c(C(=O)C(C)C)cc(O)c(O)c1O. The zero-order valence-electron chi connectivity index (χ0n) is 14.2. The molecule has 2 aromatic rings. The standard InChI is InChI=1S/C18H18O8/c1-6(2)14(22)9-5-11(21)16(24)18(26)13(9)12-8(7(3)19)4-10(20)15(23)17(12)25/h4-6,20-21,23-26H,1-3H3. The van der Waals surface area contributed by atoms with Crippen molar-refractivity contribution in [3.63, 3.8) is 0 Å². The number of benzene rings is 2. The van der Waals surface area contributed by atoms with Crippen molar-refractivity contribution in [1.82, 2.24) is 0 Å². The van der Waals surface area contributed by atoms with Crippen LogP contribution in [0, 0.1) is 5.92 Å². The third-order valence-electron chi connectivity index (χ3n) is 3.93. The van der Waals surface area contributed by atoms with E-state index in [4.69, 9.17) is 0 Å². The van der Waals surface area contributed by atoms with Crippen molar-refractivity contribution in [2.75, 3.05) is 0 Å². The largest absolute Gasteiger partial charge is 0.504 e. The molecule has 0 amide bonds. The van der Waals surface area contributed by atoms with Crippen molar-refractivity contribution in [2.45, 2.75) is 20.8 Å². The fourth-order valence-electron chi connectivity index (χ4n) is 2.58. The Morgan fingerprint density at radius 3 is 1.50 bits per heavy atom. The molecule has 0 heterocycles. The van der Waals surface area contributed by atoms with Crippen LogP contribution in [-0.4, -0.2) is 42.2 Å². The van der Waals surface area contributed by atoms with Crippen LogP contribution in [0.3, 0.4) is 0 Å². The fourth-order valence-corrected chi connectivity index (χ4v) is 2.58. The van der Waals surface area contributed by atoms with Crippen LogP contribution in [0.2, 0.25) is 0 Å². The molecule has 0 radical (unpaired) electrons. The van der Waals surface area contributed by atoms with Crippen LogP contribution in [-0.2, 0) is 0 Å². The highest BCUT2D eigenvalue weighted by molar-refractivity contribution is 6.11. The topological polar surface area (TPSA) is 156 Å². The summed E-state index contributed by atoms with van der Waals surface area (Å²) in [5.74, 6) is -7.23. The van der Waals surface area contributed by atoms with E-state index in [0.717, 1.165) is 19.1 Å². The molecule has 6 N–H and O–H groups in total. The maximum Gasteiger partial charge on any atom is 0.200 e. The van der Waals surface area contributed by atoms with E-state index in [1.165, 1.54) is 0 Å². The highest BCUT2D eigenvalue weighted by atomic mass is 16.3. The van der Waals surface area contributed by atoms with Crippen LogP contribution in [0.15, 0.2) is 12.1 Å². The highest BCUT2D eigenvalue weighted by Crippen LogP contribution is 2.52. The van der Waals surface area contributed by atoms with E-state index in [1.54, 1.807) is 13.8 Å². The molecule has 0 aliphatic carbocycles. The molecule has 0 bridgehead atoms. The summed E-state index contributed by atoms with van der Waals surface area (Å²) in [5.41, 5.74) is -1.49. The van der Waals surface area contributed by atoms with Crippen molar-refractivity contribution in [3.05, 3.63) is 23.3 Å². The van der Waals surface area contributed by atoms with Gasteiger partial charge in [-0.2, -0.15) is 0 Å². The second-order valence-corrected chi connectivity index (χ2v) is 6.11. The molecular weight excluding hydrogens is 344 g/mol. The van der Waals surface area contributed by atoms with Crippen LogP contribution in [0.1, 0.15) is 41.5 Å². The van der Waals surface area contributed by atoms with E-state index in [1.807, 2.05) is 0 Å². The van der Waals surface area contributed by atoms with E-state index >= 15 is 0 Å². The van der Waals surface area contributed by atoms with Crippen LogP contribution in [0.5, 0.6) is 34.5 Å². The number of phenolic OH excluding ortho intramolecular Hbond substituents is 6. The number of phenols is 6. The van der Waals surface area contributed by atoms with Gasteiger partial charge in [0.25, 0.3) is 0 Å². The lowest BCUT2D eigenvalue weighted by Gasteiger charge is -2.18. The minimum Gasteiger partial charge on any atom is -0.504 e. The molecule has 0 aromatic heterocycles. The van der Waals surface area contributed by atoms with Gasteiger partial charge in [-0.05, 0) is 19.1 Å². The smallest absolute Gasteiger partial charge is 0.200 e. The predicted octanol–water partition coefficient (Wildman–Crippen LogP) is 2.63. The minimum absolute atomic E-state index is 0.282. The first-order chi connectivity index (χ1) is 12.0. The molecule has 0 aliphatic rings. The van der Waals surface area contributed by atoms with Gasteiger partial charge in [-0.3, -0.25) is 9.59 Å². The lowest BCUT2D eigenvalue weighted by molar-refractivity contribution is 0.0938. The maximum absolute atomic E-state index is 12.5. The number of carbonyl (C=O) groups is 2. The Labute approximate surface area is 148 Å². The molecule has 0 aliphatic heterocycles. The van der Waals surface area contributed by atoms with Crippen LogP contribution in [0.4, 0.5) is 0 Å². The second-order valence-electron chi connectivity index (χ2n) is 6.11. The minimum atomic E-state index is -0.972. The maximum atomic E-state index is 12.5. The lowest BCUT2D eigenvalue weighted by Crippen LogP contribution is -2.10. The molecule has 8 nitrogen and oxygen atoms in total. The number of aromatic hydroxyl groups is 6. The number of Topliss-reactive ketones (excluding diaryl/α,β-unsaturated/α-hetero) is 2. The van der Waals surface area contributed by atoms with Crippen molar-refractivity contribution >= 4 is 11.6 Å². The summed E-state index contributed by atoms with van der Waals surface area (Å²) in [7, 11) is 0. The Bertz CT molecular complexity index is 928. The average Bonchev–Trinajstić information content (AvgIpc) is 2.57. The van der Waals surface area contributed by atoms with E-state index in [0.29, 0.717) is 0 Å². The summed E-state index contributed by atoms with van der Waals surface area (Å²) in [6.45, 7) is 4.20. The van der Waals surface area contributed by atoms with Crippen LogP contribution in [0.25, 0.3) is 11.1 Å². The van der Waals surface area contributed by atoms with Crippen molar-refractivity contribution in [2.24, 2.45) is 5.92 Å². The van der Waals surface area contributed by atoms with Gasteiger partial charge < -0.3 is 30.6 Å². The third-order valence-corrected chi connectivity index (χ3v) is 3.93. The van der Waals surface area contributed by atoms with Crippen molar-refractivity contribution < 1.29 is 40.2 Å². The number of hydrogen-bond acceptors (Lipinski definition) is 8. The fraction of sp³-hybridized carbons (Fsp3) is 0.222. The summed E-state index contributed by atoms with van der Waals surface area (Å²) in [6.07, 6.45) is 0.